The summed E-state index contributed by atoms with van der Waals surface area (Å²) >= 11 is 0. The molecular weight excluding hydrogens is 334 g/mol. The van der Waals surface area contributed by atoms with Crippen molar-refractivity contribution in [3.8, 4) is 0 Å². The quantitative estimate of drug-likeness (QED) is 0.889. The molecule has 140 valence electrons. The predicted molar refractivity (Wildman–Crippen MR) is 106 cm³/mol. The van der Waals surface area contributed by atoms with Gasteiger partial charge in [-0.05, 0) is 49.4 Å². The smallest absolute Gasteiger partial charge is 0.134 e. The summed E-state index contributed by atoms with van der Waals surface area (Å²) in [5.74, 6) is 0.310. The van der Waals surface area contributed by atoms with Crippen LogP contribution in [0.25, 0.3) is 0 Å². The van der Waals surface area contributed by atoms with Crippen molar-refractivity contribution < 1.29 is 9.90 Å². The van der Waals surface area contributed by atoms with Crippen molar-refractivity contribution >= 4 is 5.78 Å². The number of benzene rings is 2. The molecule has 0 aromatic heterocycles. The minimum atomic E-state index is -0.811. The van der Waals surface area contributed by atoms with Crippen LogP contribution in [0.2, 0.25) is 0 Å². The van der Waals surface area contributed by atoms with Crippen LogP contribution in [0.15, 0.2) is 48.5 Å². The summed E-state index contributed by atoms with van der Waals surface area (Å²) in [4.78, 5) is 15.0. The molecule has 3 nitrogen and oxygen atoms in total. The van der Waals surface area contributed by atoms with Gasteiger partial charge in [-0.2, -0.15) is 0 Å². The highest BCUT2D eigenvalue weighted by atomic mass is 16.3. The lowest BCUT2D eigenvalue weighted by molar-refractivity contribution is -0.174. The summed E-state index contributed by atoms with van der Waals surface area (Å²) in [5.41, 5.74) is 3.86. The van der Waals surface area contributed by atoms with E-state index in [1.165, 1.54) is 22.3 Å². The van der Waals surface area contributed by atoms with Crippen molar-refractivity contribution in [3.63, 3.8) is 0 Å². The van der Waals surface area contributed by atoms with Gasteiger partial charge in [0.2, 0.25) is 0 Å². The van der Waals surface area contributed by atoms with Crippen LogP contribution in [0, 0.1) is 6.92 Å². The van der Waals surface area contributed by atoms with E-state index < -0.39 is 11.0 Å². The van der Waals surface area contributed by atoms with Gasteiger partial charge in [0.1, 0.15) is 5.78 Å². The van der Waals surface area contributed by atoms with E-state index in [1.54, 1.807) is 0 Å². The summed E-state index contributed by atoms with van der Waals surface area (Å²) in [6.45, 7) is 3.90. The molecule has 2 bridgehead atoms. The van der Waals surface area contributed by atoms with Gasteiger partial charge in [0.15, 0.2) is 0 Å². The third-order valence-corrected chi connectivity index (χ3v) is 7.35. The van der Waals surface area contributed by atoms with Gasteiger partial charge in [-0.15, -0.1) is 0 Å². The van der Waals surface area contributed by atoms with Gasteiger partial charge < -0.3 is 5.11 Å². The molecule has 2 aromatic carbocycles. The molecule has 2 aromatic rings. The first-order chi connectivity index (χ1) is 13.0. The maximum absolute atomic E-state index is 12.5. The Morgan fingerprint density at radius 1 is 1.15 bits per heavy atom. The molecular formula is C24H27NO2. The van der Waals surface area contributed by atoms with E-state index in [9.17, 15) is 9.90 Å². The number of aliphatic hydroxyl groups is 1. The Hall–Kier alpha value is -1.97. The molecule has 1 heterocycles. The number of fused-ring (bicyclic) bond motifs is 1. The Bertz CT molecular complexity index is 893. The molecule has 2 aliphatic carbocycles. The maximum atomic E-state index is 12.5. The number of aryl methyl sites for hydroxylation is 1. The van der Waals surface area contributed by atoms with Gasteiger partial charge in [-0.25, -0.2) is 0 Å². The highest BCUT2D eigenvalue weighted by Gasteiger charge is 2.64. The van der Waals surface area contributed by atoms with Gasteiger partial charge in [0.25, 0.3) is 0 Å². The van der Waals surface area contributed by atoms with Crippen molar-refractivity contribution in [2.75, 3.05) is 6.54 Å². The zero-order chi connectivity index (χ0) is 18.6. The summed E-state index contributed by atoms with van der Waals surface area (Å²) in [5, 5.41) is 12.1. The maximum Gasteiger partial charge on any atom is 0.134 e. The Balaban J connectivity index is 1.61. The van der Waals surface area contributed by atoms with Crippen LogP contribution < -0.4 is 0 Å². The number of likely N-dealkylation sites (tertiary alicyclic amines) is 1. The molecule has 3 aliphatic rings. The second-order valence-electron chi connectivity index (χ2n) is 8.81. The first kappa shape index (κ1) is 17.2. The van der Waals surface area contributed by atoms with Crippen molar-refractivity contribution in [1.82, 2.24) is 4.90 Å². The third-order valence-electron chi connectivity index (χ3n) is 7.35. The highest BCUT2D eigenvalue weighted by Crippen LogP contribution is 2.57. The molecule has 0 amide bonds. The van der Waals surface area contributed by atoms with Crippen LogP contribution in [-0.4, -0.2) is 34.0 Å². The lowest BCUT2D eigenvalue weighted by Crippen LogP contribution is -2.73. The van der Waals surface area contributed by atoms with Crippen LogP contribution >= 0.6 is 0 Å². The largest absolute Gasteiger partial charge is 0.387 e. The number of rotatable bonds is 2. The summed E-state index contributed by atoms with van der Waals surface area (Å²) < 4.78 is 0. The van der Waals surface area contributed by atoms with Crippen molar-refractivity contribution in [2.24, 2.45) is 0 Å². The molecule has 2 fully saturated rings. The first-order valence-corrected chi connectivity index (χ1v) is 10.1. The zero-order valence-corrected chi connectivity index (χ0v) is 15.9. The Labute approximate surface area is 161 Å². The number of ketones is 1. The fourth-order valence-corrected chi connectivity index (χ4v) is 6.02. The van der Waals surface area contributed by atoms with Gasteiger partial charge >= 0.3 is 0 Å². The normalized spacial score (nSPS) is 32.7. The lowest BCUT2D eigenvalue weighted by atomic mass is 9.49. The fraction of sp³-hybridized carbons (Fsp3) is 0.458. The SMILES string of the molecule is Cc1ccc2c(c1)[C@]13CCN(Cc4ccccc4)[C@H](C2)[C@]1(O)CCC(=O)C3. The molecule has 27 heavy (non-hydrogen) atoms. The van der Waals surface area contributed by atoms with Crippen molar-refractivity contribution in [1.29, 1.82) is 0 Å². The molecule has 3 heteroatoms. The van der Waals surface area contributed by atoms with Crippen LogP contribution in [0.5, 0.6) is 0 Å². The number of carbonyl (C=O) groups is 1. The van der Waals surface area contributed by atoms with Gasteiger partial charge in [0, 0.05) is 30.8 Å². The van der Waals surface area contributed by atoms with E-state index in [1.807, 2.05) is 6.07 Å². The molecule has 1 aliphatic heterocycles. The Morgan fingerprint density at radius 2 is 1.96 bits per heavy atom. The second-order valence-corrected chi connectivity index (χ2v) is 8.81. The molecule has 1 N–H and O–H groups in total. The summed E-state index contributed by atoms with van der Waals surface area (Å²) in [6.07, 6.45) is 3.32. The standard InChI is InChI=1S/C24H27NO2/c1-17-7-8-19-14-22-24(27)10-9-20(26)15-23(24,21(19)13-17)11-12-25(22)16-18-5-3-2-4-6-18/h2-8,13,22,27H,9-12,14-16H2,1H3/t22-,23-,24-/m1/s1. The zero-order valence-electron chi connectivity index (χ0n) is 15.9. The van der Waals surface area contributed by atoms with Crippen LogP contribution in [0.4, 0.5) is 0 Å². The lowest BCUT2D eigenvalue weighted by Gasteiger charge is -2.63. The molecule has 3 atom stereocenters. The summed E-state index contributed by atoms with van der Waals surface area (Å²) in [7, 11) is 0. The number of hydrogen-bond acceptors (Lipinski definition) is 3. The number of piperidine rings is 1. The van der Waals surface area contributed by atoms with E-state index in [4.69, 9.17) is 0 Å². The number of carbonyl (C=O) groups excluding carboxylic acids is 1. The molecule has 5 rings (SSSR count). The molecule has 1 saturated carbocycles. The minimum Gasteiger partial charge on any atom is -0.387 e. The Morgan fingerprint density at radius 3 is 2.78 bits per heavy atom. The van der Waals surface area contributed by atoms with Gasteiger partial charge in [-0.3, -0.25) is 9.69 Å². The van der Waals surface area contributed by atoms with E-state index in [0.29, 0.717) is 25.0 Å². The average Bonchev–Trinajstić information content (AvgIpc) is 2.66. The molecule has 1 saturated heterocycles. The number of Topliss-reactive ketones (excluding diaryl/α,β-unsaturated/α-hetero) is 1. The van der Waals surface area contributed by atoms with Crippen molar-refractivity contribution in [3.05, 3.63) is 70.8 Å². The van der Waals surface area contributed by atoms with Gasteiger partial charge in [-0.1, -0.05) is 54.1 Å². The minimum absolute atomic E-state index is 0.0785. The Kier molecular flexibility index (Phi) is 3.82. The first-order valence-electron chi connectivity index (χ1n) is 10.1. The predicted octanol–water partition coefficient (Wildman–Crippen LogP) is 3.55. The van der Waals surface area contributed by atoms with Crippen LogP contribution in [0.1, 0.15) is 47.9 Å². The number of hydrogen-bond donors (Lipinski definition) is 1. The number of nitrogens with zero attached hydrogens (tertiary/aromatic N) is 1. The topological polar surface area (TPSA) is 40.5 Å². The average molecular weight is 361 g/mol. The highest BCUT2D eigenvalue weighted by molar-refractivity contribution is 5.82. The fourth-order valence-electron chi connectivity index (χ4n) is 6.02. The van der Waals surface area contributed by atoms with E-state index in [-0.39, 0.29) is 6.04 Å². The van der Waals surface area contributed by atoms with Crippen LogP contribution in [-0.2, 0) is 23.2 Å². The van der Waals surface area contributed by atoms with E-state index in [2.05, 4.69) is 54.3 Å². The third kappa shape index (κ3) is 2.45. The molecule has 0 spiro atoms. The van der Waals surface area contributed by atoms with E-state index in [0.717, 1.165) is 25.9 Å². The van der Waals surface area contributed by atoms with E-state index >= 15 is 0 Å². The van der Waals surface area contributed by atoms with Crippen molar-refractivity contribution in [2.45, 2.75) is 62.6 Å². The monoisotopic (exact) mass is 361 g/mol. The molecule has 0 radical (unpaired) electrons. The second kappa shape index (κ2) is 6.02. The molecule has 0 unspecified atom stereocenters. The van der Waals surface area contributed by atoms with Crippen LogP contribution in [0.3, 0.4) is 0 Å². The van der Waals surface area contributed by atoms with Gasteiger partial charge in [0.05, 0.1) is 5.60 Å². The summed E-state index contributed by atoms with van der Waals surface area (Å²) in [6, 6.07) is 17.2.